The Morgan fingerprint density at radius 3 is 2.24 bits per heavy atom. The van der Waals surface area contributed by atoms with Crippen molar-refractivity contribution in [3.8, 4) is 16.9 Å². The van der Waals surface area contributed by atoms with E-state index in [0.717, 1.165) is 37.2 Å². The van der Waals surface area contributed by atoms with Crippen LogP contribution >= 0.6 is 0 Å². The van der Waals surface area contributed by atoms with Crippen molar-refractivity contribution in [1.82, 2.24) is 9.80 Å². The lowest BCUT2D eigenvalue weighted by atomic mass is 9.94. The molecule has 2 aromatic carbocycles. The normalized spacial score (nSPS) is 23.3. The number of hydrogen-bond acceptors (Lipinski definition) is 5. The number of benzene rings is 2. The number of aliphatic hydroxyl groups is 1. The van der Waals surface area contributed by atoms with Gasteiger partial charge in [0.1, 0.15) is 18.5 Å². The first kappa shape index (κ1) is 23.7. The molecule has 0 aromatic heterocycles. The fourth-order valence-electron chi connectivity index (χ4n) is 4.90. The molecule has 2 aliphatic heterocycles. The summed E-state index contributed by atoms with van der Waals surface area (Å²) >= 11 is 0. The van der Waals surface area contributed by atoms with Crippen molar-refractivity contribution in [2.24, 2.45) is 5.92 Å². The average molecular weight is 453 g/mol. The summed E-state index contributed by atoms with van der Waals surface area (Å²) in [5.41, 5.74) is 2.31. The van der Waals surface area contributed by atoms with E-state index in [1.807, 2.05) is 61.2 Å². The fraction of sp³-hybridized carbons (Fsp3) is 0.519. The minimum Gasteiger partial charge on any atom is -0.491 e. The maximum absolute atomic E-state index is 12.9. The lowest BCUT2D eigenvalue weighted by Gasteiger charge is -2.39. The second kappa shape index (κ2) is 11.1. The van der Waals surface area contributed by atoms with Crippen LogP contribution in [0.5, 0.6) is 5.75 Å². The van der Waals surface area contributed by atoms with E-state index >= 15 is 0 Å². The van der Waals surface area contributed by atoms with Gasteiger partial charge < -0.3 is 24.4 Å². The van der Waals surface area contributed by atoms with Gasteiger partial charge in [-0.3, -0.25) is 4.79 Å². The zero-order valence-corrected chi connectivity index (χ0v) is 19.7. The van der Waals surface area contributed by atoms with Crippen molar-refractivity contribution in [3.05, 3.63) is 54.6 Å². The highest BCUT2D eigenvalue weighted by atomic mass is 16.5. The van der Waals surface area contributed by atoms with E-state index < -0.39 is 6.10 Å². The van der Waals surface area contributed by atoms with Gasteiger partial charge in [-0.25, -0.2) is 0 Å². The summed E-state index contributed by atoms with van der Waals surface area (Å²) in [7, 11) is 0. The molecule has 33 heavy (non-hydrogen) atoms. The van der Waals surface area contributed by atoms with E-state index in [0.29, 0.717) is 19.6 Å². The largest absolute Gasteiger partial charge is 0.491 e. The van der Waals surface area contributed by atoms with Crippen LogP contribution in [0, 0.1) is 5.92 Å². The van der Waals surface area contributed by atoms with Crippen LogP contribution in [0.15, 0.2) is 54.6 Å². The lowest BCUT2D eigenvalue weighted by Crippen LogP contribution is -2.51. The first-order chi connectivity index (χ1) is 16.0. The number of nitrogens with zero attached hydrogens (tertiary/aromatic N) is 2. The molecule has 1 amide bonds. The van der Waals surface area contributed by atoms with Gasteiger partial charge >= 0.3 is 0 Å². The molecule has 0 saturated carbocycles. The van der Waals surface area contributed by atoms with Gasteiger partial charge in [0.05, 0.1) is 12.2 Å². The molecule has 2 aliphatic rings. The molecule has 3 unspecified atom stereocenters. The van der Waals surface area contributed by atoms with Crippen LogP contribution in [-0.4, -0.2) is 78.5 Å². The van der Waals surface area contributed by atoms with E-state index in [1.54, 1.807) is 0 Å². The Morgan fingerprint density at radius 1 is 1.00 bits per heavy atom. The molecule has 2 heterocycles. The molecule has 4 rings (SSSR count). The van der Waals surface area contributed by atoms with Crippen LogP contribution in [0.4, 0.5) is 0 Å². The number of carbonyl (C=O) groups excluding carboxylic acids is 1. The number of piperidine rings is 1. The fourth-order valence-corrected chi connectivity index (χ4v) is 4.90. The molecular formula is C27H36N2O4. The van der Waals surface area contributed by atoms with Crippen molar-refractivity contribution in [1.29, 1.82) is 0 Å². The second-order valence-corrected chi connectivity index (χ2v) is 9.43. The summed E-state index contributed by atoms with van der Waals surface area (Å²) in [5, 5.41) is 10.5. The third-order valence-corrected chi connectivity index (χ3v) is 6.54. The number of rotatable bonds is 7. The Bertz CT molecular complexity index is 871. The third kappa shape index (κ3) is 6.56. The van der Waals surface area contributed by atoms with E-state index in [9.17, 15) is 9.90 Å². The minimum absolute atomic E-state index is 0.0790. The minimum atomic E-state index is -0.563. The number of amides is 1. The first-order valence-electron chi connectivity index (χ1n) is 12.1. The predicted octanol–water partition coefficient (Wildman–Crippen LogP) is 3.44. The van der Waals surface area contributed by atoms with Crippen LogP contribution < -0.4 is 4.74 Å². The number of ether oxygens (including phenoxy) is 2. The monoisotopic (exact) mass is 452 g/mol. The van der Waals surface area contributed by atoms with E-state index in [2.05, 4.69) is 17.0 Å². The number of hydrogen-bond donors (Lipinski definition) is 1. The van der Waals surface area contributed by atoms with Gasteiger partial charge in [-0.1, -0.05) is 42.5 Å². The molecule has 0 radical (unpaired) electrons. The summed E-state index contributed by atoms with van der Waals surface area (Å²) < 4.78 is 11.6. The molecule has 2 saturated heterocycles. The number of β-amino-alcohol motifs (C(OH)–C–C–N with tert-alkyl or cyclic N) is 1. The molecule has 6 heteroatoms. The Kier molecular flexibility index (Phi) is 8.02. The van der Waals surface area contributed by atoms with Gasteiger partial charge in [0.15, 0.2) is 0 Å². The number of carbonyl (C=O) groups is 1. The van der Waals surface area contributed by atoms with Crippen LogP contribution in [0.2, 0.25) is 0 Å². The van der Waals surface area contributed by atoms with E-state index in [4.69, 9.17) is 9.47 Å². The zero-order chi connectivity index (χ0) is 23.2. The summed E-state index contributed by atoms with van der Waals surface area (Å²) in [4.78, 5) is 17.1. The number of likely N-dealkylation sites (tertiary alicyclic amines) is 1. The maximum atomic E-state index is 12.9. The summed E-state index contributed by atoms with van der Waals surface area (Å²) in [5.74, 6) is 1.10. The summed E-state index contributed by atoms with van der Waals surface area (Å²) in [6, 6.07) is 18.2. The molecule has 2 aromatic rings. The standard InChI is InChI=1S/C27H36N2O4/c1-20-16-29(17-21(2)33-20)27(31)24-12-14-28(15-13-24)18-25(30)19-32-26-10-8-23(9-11-26)22-6-4-3-5-7-22/h3-11,20-21,24-25,30H,12-19H2,1-2H3. The van der Waals surface area contributed by atoms with Crippen molar-refractivity contribution in [3.63, 3.8) is 0 Å². The Balaban J connectivity index is 1.18. The van der Waals surface area contributed by atoms with Crippen LogP contribution in [-0.2, 0) is 9.53 Å². The number of aliphatic hydroxyl groups excluding tert-OH is 1. The lowest BCUT2D eigenvalue weighted by molar-refractivity contribution is -0.149. The van der Waals surface area contributed by atoms with Crippen LogP contribution in [0.25, 0.3) is 11.1 Å². The molecule has 0 bridgehead atoms. The van der Waals surface area contributed by atoms with Crippen LogP contribution in [0.1, 0.15) is 26.7 Å². The molecular weight excluding hydrogens is 416 g/mol. The van der Waals surface area contributed by atoms with Gasteiger partial charge in [0, 0.05) is 25.6 Å². The van der Waals surface area contributed by atoms with Gasteiger partial charge in [0.25, 0.3) is 0 Å². The average Bonchev–Trinajstić information content (AvgIpc) is 2.83. The van der Waals surface area contributed by atoms with Gasteiger partial charge in [-0.15, -0.1) is 0 Å². The predicted molar refractivity (Wildman–Crippen MR) is 129 cm³/mol. The second-order valence-electron chi connectivity index (χ2n) is 9.43. The van der Waals surface area contributed by atoms with Crippen molar-refractivity contribution < 1.29 is 19.4 Å². The SMILES string of the molecule is CC1CN(C(=O)C2CCN(CC(O)COc3ccc(-c4ccccc4)cc3)CC2)CC(C)O1. The maximum Gasteiger partial charge on any atom is 0.225 e. The van der Waals surface area contributed by atoms with Gasteiger partial charge in [-0.2, -0.15) is 0 Å². The highest BCUT2D eigenvalue weighted by molar-refractivity contribution is 5.79. The topological polar surface area (TPSA) is 62.2 Å². The van der Waals surface area contributed by atoms with Gasteiger partial charge in [-0.05, 0) is 63.0 Å². The first-order valence-corrected chi connectivity index (χ1v) is 12.1. The highest BCUT2D eigenvalue weighted by Crippen LogP contribution is 2.24. The van der Waals surface area contributed by atoms with Crippen molar-refractivity contribution in [2.45, 2.75) is 45.0 Å². The molecule has 1 N–H and O–H groups in total. The van der Waals surface area contributed by atoms with Crippen LogP contribution in [0.3, 0.4) is 0 Å². The van der Waals surface area contributed by atoms with Crippen molar-refractivity contribution >= 4 is 5.91 Å². The number of morpholine rings is 1. The van der Waals surface area contributed by atoms with Gasteiger partial charge in [0.2, 0.25) is 5.91 Å². The van der Waals surface area contributed by atoms with E-state index in [1.165, 1.54) is 5.56 Å². The quantitative estimate of drug-likeness (QED) is 0.697. The van der Waals surface area contributed by atoms with E-state index in [-0.39, 0.29) is 30.6 Å². The molecule has 0 spiro atoms. The smallest absolute Gasteiger partial charge is 0.225 e. The summed E-state index contributed by atoms with van der Waals surface area (Å²) in [6.07, 6.45) is 1.32. The molecule has 6 nitrogen and oxygen atoms in total. The Labute approximate surface area is 197 Å². The Morgan fingerprint density at radius 2 is 1.61 bits per heavy atom. The third-order valence-electron chi connectivity index (χ3n) is 6.54. The highest BCUT2D eigenvalue weighted by Gasteiger charge is 2.32. The molecule has 0 aliphatic carbocycles. The molecule has 2 fully saturated rings. The molecule has 3 atom stereocenters. The summed E-state index contributed by atoms with van der Waals surface area (Å²) in [6.45, 7) is 7.90. The van der Waals surface area contributed by atoms with Crippen molar-refractivity contribution in [2.75, 3.05) is 39.3 Å². The Hall–Kier alpha value is -2.41. The molecule has 178 valence electrons. The zero-order valence-electron chi connectivity index (χ0n) is 19.7.